The van der Waals surface area contributed by atoms with Gasteiger partial charge < -0.3 is 15.0 Å². The molecule has 21 heavy (non-hydrogen) atoms. The van der Waals surface area contributed by atoms with Crippen molar-refractivity contribution in [2.75, 3.05) is 19.8 Å². The number of hydrogen-bond acceptors (Lipinski definition) is 5. The lowest BCUT2D eigenvalue weighted by atomic mass is 9.73. The maximum absolute atomic E-state index is 6.01. The highest BCUT2D eigenvalue weighted by Gasteiger charge is 2.39. The van der Waals surface area contributed by atoms with Gasteiger partial charge in [0.1, 0.15) is 0 Å². The number of nitrogens with two attached hydrogens (primary N) is 1. The van der Waals surface area contributed by atoms with Gasteiger partial charge in [0.25, 0.3) is 0 Å². The van der Waals surface area contributed by atoms with Gasteiger partial charge in [0.2, 0.25) is 5.89 Å². The second kappa shape index (κ2) is 5.69. The average molecular weight is 293 g/mol. The monoisotopic (exact) mass is 293 g/mol. The Morgan fingerprint density at radius 2 is 1.81 bits per heavy atom. The van der Waals surface area contributed by atoms with Gasteiger partial charge in [-0.05, 0) is 43.9 Å². The van der Waals surface area contributed by atoms with Crippen LogP contribution in [0.1, 0.15) is 70.0 Å². The minimum Gasteiger partial charge on any atom is -0.381 e. The molecule has 118 valence electrons. The number of aromatic nitrogens is 2. The van der Waals surface area contributed by atoms with Crippen LogP contribution < -0.4 is 5.73 Å². The van der Waals surface area contributed by atoms with Crippen LogP contribution in [0.5, 0.6) is 0 Å². The average Bonchev–Trinajstić information content (AvgIpc) is 2.98. The molecule has 1 aliphatic carbocycles. The van der Waals surface area contributed by atoms with E-state index in [1.54, 1.807) is 0 Å². The Balaban J connectivity index is 1.74. The lowest BCUT2D eigenvalue weighted by Gasteiger charge is -2.33. The van der Waals surface area contributed by atoms with E-state index in [0.29, 0.717) is 17.9 Å². The maximum Gasteiger partial charge on any atom is 0.234 e. The summed E-state index contributed by atoms with van der Waals surface area (Å²) in [5, 5.41) is 4.27. The third-order valence-corrected chi connectivity index (χ3v) is 5.44. The van der Waals surface area contributed by atoms with E-state index < -0.39 is 0 Å². The quantitative estimate of drug-likeness (QED) is 0.927. The Bertz CT molecular complexity index is 468. The predicted octanol–water partition coefficient (Wildman–Crippen LogP) is 2.76. The fourth-order valence-corrected chi connectivity index (χ4v) is 3.54. The maximum atomic E-state index is 6.01. The van der Waals surface area contributed by atoms with Crippen molar-refractivity contribution < 1.29 is 9.26 Å². The van der Waals surface area contributed by atoms with E-state index in [-0.39, 0.29) is 5.41 Å². The highest BCUT2D eigenvalue weighted by Crippen LogP contribution is 2.42. The molecule has 1 saturated carbocycles. The van der Waals surface area contributed by atoms with Gasteiger partial charge in [0.05, 0.1) is 5.41 Å². The number of hydrogen-bond donors (Lipinski definition) is 1. The Labute approximate surface area is 126 Å². The molecule has 0 bridgehead atoms. The van der Waals surface area contributed by atoms with Gasteiger partial charge in [-0.15, -0.1) is 0 Å². The van der Waals surface area contributed by atoms with E-state index >= 15 is 0 Å². The molecule has 0 unspecified atom stereocenters. The minimum atomic E-state index is -0.169. The zero-order valence-electron chi connectivity index (χ0n) is 13.2. The predicted molar refractivity (Wildman–Crippen MR) is 80.1 cm³/mol. The summed E-state index contributed by atoms with van der Waals surface area (Å²) < 4.78 is 11.1. The summed E-state index contributed by atoms with van der Waals surface area (Å²) in [6.07, 6.45) is 6.54. The van der Waals surface area contributed by atoms with Gasteiger partial charge >= 0.3 is 0 Å². The second-order valence-corrected chi connectivity index (χ2v) is 7.49. The first-order chi connectivity index (χ1) is 10.0. The van der Waals surface area contributed by atoms with E-state index in [4.69, 9.17) is 20.0 Å². The zero-order valence-corrected chi connectivity index (χ0v) is 13.2. The van der Waals surface area contributed by atoms with Crippen molar-refractivity contribution in [2.24, 2.45) is 11.1 Å². The summed E-state index contributed by atoms with van der Waals surface area (Å²) in [5.41, 5.74) is 6.30. The topological polar surface area (TPSA) is 74.2 Å². The molecule has 0 amide bonds. The van der Waals surface area contributed by atoms with Crippen LogP contribution in [-0.2, 0) is 10.2 Å². The molecular weight excluding hydrogens is 266 g/mol. The number of nitrogens with zero attached hydrogens (tertiary/aromatic N) is 2. The van der Waals surface area contributed by atoms with E-state index in [1.807, 2.05) is 0 Å². The first-order valence-electron chi connectivity index (χ1n) is 8.17. The van der Waals surface area contributed by atoms with Crippen LogP contribution in [0, 0.1) is 5.41 Å². The van der Waals surface area contributed by atoms with Crippen LogP contribution >= 0.6 is 0 Å². The standard InChI is InChI=1S/C16H27N3O2/c1-15(2)5-3-12(4-6-15)13-18-14(21-19-13)16(11-17)7-9-20-10-8-16/h12H,3-11,17H2,1-2H3. The van der Waals surface area contributed by atoms with Crippen molar-refractivity contribution in [2.45, 2.75) is 63.7 Å². The molecule has 2 aliphatic rings. The molecule has 0 atom stereocenters. The number of rotatable bonds is 3. The SMILES string of the molecule is CC1(C)CCC(c2noc(C3(CN)CCOCC3)n2)CC1. The molecule has 2 heterocycles. The van der Waals surface area contributed by atoms with Gasteiger partial charge in [0.15, 0.2) is 5.82 Å². The normalized spacial score (nSPS) is 25.9. The molecule has 1 aliphatic heterocycles. The molecule has 5 nitrogen and oxygen atoms in total. The smallest absolute Gasteiger partial charge is 0.234 e. The Hall–Kier alpha value is -0.940. The molecule has 5 heteroatoms. The molecule has 1 aromatic heterocycles. The van der Waals surface area contributed by atoms with Crippen molar-refractivity contribution in [3.8, 4) is 0 Å². The summed E-state index contributed by atoms with van der Waals surface area (Å²) in [6.45, 7) is 6.70. The van der Waals surface area contributed by atoms with E-state index in [2.05, 4.69) is 19.0 Å². The summed E-state index contributed by atoms with van der Waals surface area (Å²) in [6, 6.07) is 0. The molecule has 2 N–H and O–H groups in total. The summed E-state index contributed by atoms with van der Waals surface area (Å²) in [4.78, 5) is 4.74. The number of ether oxygens (including phenoxy) is 1. The van der Waals surface area contributed by atoms with Crippen molar-refractivity contribution >= 4 is 0 Å². The molecule has 1 aromatic rings. The van der Waals surface area contributed by atoms with Crippen molar-refractivity contribution in [1.82, 2.24) is 10.1 Å². The molecule has 1 saturated heterocycles. The molecule has 0 spiro atoms. The van der Waals surface area contributed by atoms with Crippen molar-refractivity contribution in [1.29, 1.82) is 0 Å². The van der Waals surface area contributed by atoms with Crippen LogP contribution in [0.15, 0.2) is 4.52 Å². The summed E-state index contributed by atoms with van der Waals surface area (Å²) >= 11 is 0. The zero-order chi connectivity index (χ0) is 14.9. The first kappa shape index (κ1) is 15.0. The minimum absolute atomic E-state index is 0.169. The van der Waals surface area contributed by atoms with E-state index in [9.17, 15) is 0 Å². The molecule has 3 rings (SSSR count). The molecule has 0 radical (unpaired) electrons. The third-order valence-electron chi connectivity index (χ3n) is 5.44. The Kier molecular flexibility index (Phi) is 4.06. The fourth-order valence-electron chi connectivity index (χ4n) is 3.54. The van der Waals surface area contributed by atoms with Crippen molar-refractivity contribution in [3.63, 3.8) is 0 Å². The van der Waals surface area contributed by atoms with Crippen LogP contribution in [-0.4, -0.2) is 29.9 Å². The van der Waals surface area contributed by atoms with E-state index in [0.717, 1.165) is 50.6 Å². The summed E-state index contributed by atoms with van der Waals surface area (Å²) in [7, 11) is 0. The largest absolute Gasteiger partial charge is 0.381 e. The fraction of sp³-hybridized carbons (Fsp3) is 0.875. The van der Waals surface area contributed by atoms with Crippen LogP contribution in [0.2, 0.25) is 0 Å². The van der Waals surface area contributed by atoms with Crippen molar-refractivity contribution in [3.05, 3.63) is 11.7 Å². The lowest BCUT2D eigenvalue weighted by Crippen LogP contribution is -2.41. The Morgan fingerprint density at radius 3 is 2.43 bits per heavy atom. The van der Waals surface area contributed by atoms with Crippen LogP contribution in [0.4, 0.5) is 0 Å². The van der Waals surface area contributed by atoms with Crippen LogP contribution in [0.25, 0.3) is 0 Å². The highest BCUT2D eigenvalue weighted by atomic mass is 16.5. The molecule has 0 aromatic carbocycles. The lowest BCUT2D eigenvalue weighted by molar-refractivity contribution is 0.0409. The van der Waals surface area contributed by atoms with Gasteiger partial charge in [-0.1, -0.05) is 19.0 Å². The van der Waals surface area contributed by atoms with Gasteiger partial charge in [-0.25, -0.2) is 0 Å². The summed E-state index contributed by atoms with van der Waals surface area (Å²) in [5.74, 6) is 2.07. The van der Waals surface area contributed by atoms with Gasteiger partial charge in [0, 0.05) is 25.7 Å². The Morgan fingerprint density at radius 1 is 1.14 bits per heavy atom. The van der Waals surface area contributed by atoms with Gasteiger partial charge in [-0.2, -0.15) is 4.98 Å². The molecular formula is C16H27N3O2. The van der Waals surface area contributed by atoms with Gasteiger partial charge in [-0.3, -0.25) is 0 Å². The molecule has 2 fully saturated rings. The first-order valence-corrected chi connectivity index (χ1v) is 8.17. The van der Waals surface area contributed by atoms with E-state index in [1.165, 1.54) is 12.8 Å². The third kappa shape index (κ3) is 2.99. The van der Waals surface area contributed by atoms with Crippen LogP contribution in [0.3, 0.4) is 0 Å². The highest BCUT2D eigenvalue weighted by molar-refractivity contribution is 5.10. The second-order valence-electron chi connectivity index (χ2n) is 7.49.